The van der Waals surface area contributed by atoms with Crippen molar-refractivity contribution in [1.82, 2.24) is 0 Å². The van der Waals surface area contributed by atoms with E-state index < -0.39 is 0 Å². The standard InChI is InChI=1S/C15H16INO2/c1-9-11(6-13(8-17)10-3-4-10)5-12(7-14(9)16)15(18)19-2/h5-8,10,17H,3-4H2,1-2H3/b13-6+,17-8?. The van der Waals surface area contributed by atoms with Crippen LogP contribution in [-0.2, 0) is 4.74 Å². The zero-order valence-corrected chi connectivity index (χ0v) is 13.2. The SMILES string of the molecule is COC(=O)c1cc(I)c(C)c(/C=C(\C=N)C2CC2)c1. The first-order chi connectivity index (χ1) is 9.06. The van der Waals surface area contributed by atoms with E-state index in [-0.39, 0.29) is 5.97 Å². The van der Waals surface area contributed by atoms with Gasteiger partial charge >= 0.3 is 5.97 Å². The number of allylic oxidation sites excluding steroid dienone is 1. The lowest BCUT2D eigenvalue weighted by atomic mass is 10.0. The highest BCUT2D eigenvalue weighted by Crippen LogP contribution is 2.37. The molecule has 100 valence electrons. The highest BCUT2D eigenvalue weighted by atomic mass is 127. The van der Waals surface area contributed by atoms with Crippen LogP contribution in [0, 0.1) is 21.8 Å². The Morgan fingerprint density at radius 1 is 1.47 bits per heavy atom. The van der Waals surface area contributed by atoms with Crippen LogP contribution in [0.15, 0.2) is 17.7 Å². The van der Waals surface area contributed by atoms with Crippen molar-refractivity contribution in [3.05, 3.63) is 38.0 Å². The van der Waals surface area contributed by atoms with Gasteiger partial charge in [0, 0.05) is 9.78 Å². The molecule has 0 amide bonds. The lowest BCUT2D eigenvalue weighted by Crippen LogP contribution is -2.03. The van der Waals surface area contributed by atoms with Gasteiger partial charge in [0.25, 0.3) is 0 Å². The number of carbonyl (C=O) groups excluding carboxylic acids is 1. The Labute approximate surface area is 126 Å². The van der Waals surface area contributed by atoms with Crippen LogP contribution >= 0.6 is 22.6 Å². The zero-order valence-electron chi connectivity index (χ0n) is 11.0. The second-order valence-electron chi connectivity index (χ2n) is 4.73. The van der Waals surface area contributed by atoms with Gasteiger partial charge in [0.1, 0.15) is 0 Å². The van der Waals surface area contributed by atoms with Crippen LogP contribution in [-0.4, -0.2) is 19.3 Å². The number of nitrogens with one attached hydrogen (secondary N) is 1. The smallest absolute Gasteiger partial charge is 0.337 e. The van der Waals surface area contributed by atoms with E-state index in [1.165, 1.54) is 13.3 Å². The molecule has 0 spiro atoms. The Morgan fingerprint density at radius 2 is 2.16 bits per heavy atom. The van der Waals surface area contributed by atoms with Crippen molar-refractivity contribution in [3.63, 3.8) is 0 Å². The third kappa shape index (κ3) is 3.23. The molecule has 0 bridgehead atoms. The Kier molecular flexibility index (Phi) is 4.39. The summed E-state index contributed by atoms with van der Waals surface area (Å²) in [5, 5.41) is 7.49. The van der Waals surface area contributed by atoms with Crippen LogP contribution in [0.1, 0.15) is 34.3 Å². The molecule has 1 aliphatic carbocycles. The molecule has 0 heterocycles. The Hall–Kier alpha value is -1.17. The largest absolute Gasteiger partial charge is 0.465 e. The van der Waals surface area contributed by atoms with Gasteiger partial charge in [-0.3, -0.25) is 0 Å². The maximum Gasteiger partial charge on any atom is 0.337 e. The molecule has 0 unspecified atom stereocenters. The molecule has 0 radical (unpaired) electrons. The quantitative estimate of drug-likeness (QED) is 0.498. The number of rotatable bonds is 4. The number of benzene rings is 1. The molecule has 0 atom stereocenters. The molecule has 4 heteroatoms. The first-order valence-electron chi connectivity index (χ1n) is 6.17. The lowest BCUT2D eigenvalue weighted by Gasteiger charge is -2.08. The molecule has 0 aliphatic heterocycles. The number of carbonyl (C=O) groups is 1. The number of halogens is 1. The molecule has 1 saturated carbocycles. The van der Waals surface area contributed by atoms with Crippen LogP contribution in [0.5, 0.6) is 0 Å². The van der Waals surface area contributed by atoms with Gasteiger partial charge in [-0.15, -0.1) is 0 Å². The zero-order chi connectivity index (χ0) is 14.0. The summed E-state index contributed by atoms with van der Waals surface area (Å²) in [5.74, 6) is 0.201. The van der Waals surface area contributed by atoms with Gasteiger partial charge in [0.15, 0.2) is 0 Å². The molecular formula is C15H16INO2. The third-order valence-corrected chi connectivity index (χ3v) is 4.46. The predicted octanol–water partition coefficient (Wildman–Crippen LogP) is 3.83. The molecule has 0 saturated heterocycles. The summed E-state index contributed by atoms with van der Waals surface area (Å²) >= 11 is 2.22. The van der Waals surface area contributed by atoms with Gasteiger partial charge in [0.2, 0.25) is 0 Å². The van der Waals surface area contributed by atoms with Crippen molar-refractivity contribution in [2.45, 2.75) is 19.8 Å². The monoisotopic (exact) mass is 369 g/mol. The fourth-order valence-corrected chi connectivity index (χ4v) is 2.61. The second-order valence-corrected chi connectivity index (χ2v) is 5.89. The normalized spacial score (nSPS) is 15.2. The lowest BCUT2D eigenvalue weighted by molar-refractivity contribution is 0.0600. The highest BCUT2D eigenvalue weighted by Gasteiger charge is 2.24. The second kappa shape index (κ2) is 5.86. The predicted molar refractivity (Wildman–Crippen MR) is 84.7 cm³/mol. The van der Waals surface area contributed by atoms with Crippen LogP contribution in [0.25, 0.3) is 6.08 Å². The average molecular weight is 369 g/mol. The summed E-state index contributed by atoms with van der Waals surface area (Å²) < 4.78 is 5.80. The van der Waals surface area contributed by atoms with E-state index in [1.807, 2.05) is 25.1 Å². The summed E-state index contributed by atoms with van der Waals surface area (Å²) in [6.45, 7) is 2.03. The third-order valence-electron chi connectivity index (χ3n) is 3.34. The Balaban J connectivity index is 2.46. The molecule has 1 aromatic rings. The van der Waals surface area contributed by atoms with Gasteiger partial charge in [-0.2, -0.15) is 0 Å². The van der Waals surface area contributed by atoms with Crippen molar-refractivity contribution in [2.24, 2.45) is 5.92 Å². The van der Waals surface area contributed by atoms with Gasteiger partial charge in [-0.25, -0.2) is 4.79 Å². The van der Waals surface area contributed by atoms with Gasteiger partial charge in [-0.05, 0) is 83.2 Å². The number of ether oxygens (including phenoxy) is 1. The van der Waals surface area contributed by atoms with Crippen molar-refractivity contribution in [3.8, 4) is 0 Å². The first kappa shape index (κ1) is 14.2. The number of hydrogen-bond acceptors (Lipinski definition) is 3. The number of methoxy groups -OCH3 is 1. The minimum atomic E-state index is -0.324. The van der Waals surface area contributed by atoms with Crippen molar-refractivity contribution < 1.29 is 9.53 Å². The average Bonchev–Trinajstić information content (AvgIpc) is 3.23. The summed E-state index contributed by atoms with van der Waals surface area (Å²) in [7, 11) is 1.39. The van der Waals surface area contributed by atoms with Crippen molar-refractivity contribution >= 4 is 40.9 Å². The first-order valence-corrected chi connectivity index (χ1v) is 7.25. The fourth-order valence-electron chi connectivity index (χ4n) is 1.96. The number of esters is 1. The van der Waals surface area contributed by atoms with E-state index in [2.05, 4.69) is 22.6 Å². The van der Waals surface area contributed by atoms with Crippen molar-refractivity contribution in [2.75, 3.05) is 7.11 Å². The highest BCUT2D eigenvalue weighted by molar-refractivity contribution is 14.1. The van der Waals surface area contributed by atoms with Crippen LogP contribution in [0.4, 0.5) is 0 Å². The van der Waals surface area contributed by atoms with Crippen LogP contribution < -0.4 is 0 Å². The minimum Gasteiger partial charge on any atom is -0.465 e. The topological polar surface area (TPSA) is 50.2 Å². The maximum atomic E-state index is 11.6. The maximum absolute atomic E-state index is 11.6. The summed E-state index contributed by atoms with van der Waals surface area (Å²) in [6, 6.07) is 3.68. The van der Waals surface area contributed by atoms with E-state index in [1.54, 1.807) is 0 Å². The number of hydrogen-bond donors (Lipinski definition) is 1. The minimum absolute atomic E-state index is 0.324. The van der Waals surface area contributed by atoms with Gasteiger partial charge in [-0.1, -0.05) is 0 Å². The molecular weight excluding hydrogens is 353 g/mol. The van der Waals surface area contributed by atoms with E-state index in [0.29, 0.717) is 11.5 Å². The van der Waals surface area contributed by atoms with E-state index in [9.17, 15) is 4.79 Å². The Morgan fingerprint density at radius 3 is 2.68 bits per heavy atom. The molecule has 0 aromatic heterocycles. The van der Waals surface area contributed by atoms with E-state index >= 15 is 0 Å². The van der Waals surface area contributed by atoms with E-state index in [4.69, 9.17) is 10.1 Å². The Bertz CT molecular complexity index is 560. The fraction of sp³-hybridized carbons (Fsp3) is 0.333. The molecule has 1 N–H and O–H groups in total. The molecule has 1 aromatic carbocycles. The molecule has 3 nitrogen and oxygen atoms in total. The van der Waals surface area contributed by atoms with Crippen molar-refractivity contribution in [1.29, 1.82) is 5.41 Å². The summed E-state index contributed by atoms with van der Waals surface area (Å²) in [5.41, 5.74) is 3.73. The molecule has 19 heavy (non-hydrogen) atoms. The summed E-state index contributed by atoms with van der Waals surface area (Å²) in [6.07, 6.45) is 5.77. The van der Waals surface area contributed by atoms with Gasteiger partial charge in [0.05, 0.1) is 12.7 Å². The van der Waals surface area contributed by atoms with Gasteiger partial charge < -0.3 is 10.1 Å². The van der Waals surface area contributed by atoms with Crippen LogP contribution in [0.2, 0.25) is 0 Å². The van der Waals surface area contributed by atoms with E-state index in [0.717, 1.165) is 33.1 Å². The molecule has 1 fully saturated rings. The summed E-state index contributed by atoms with van der Waals surface area (Å²) in [4.78, 5) is 11.6. The molecule has 1 aliphatic rings. The molecule has 2 rings (SSSR count). The van der Waals surface area contributed by atoms with Crippen LogP contribution in [0.3, 0.4) is 0 Å².